The molecule has 2 amide bonds. The first-order valence-corrected chi connectivity index (χ1v) is 10.3. The van der Waals surface area contributed by atoms with E-state index in [1.807, 2.05) is 24.3 Å². The predicted octanol–water partition coefficient (Wildman–Crippen LogP) is 1.73. The lowest BCUT2D eigenvalue weighted by Crippen LogP contribution is -3.13. The van der Waals surface area contributed by atoms with E-state index in [0.29, 0.717) is 12.1 Å². The Morgan fingerprint density at radius 1 is 1.11 bits per heavy atom. The normalized spacial score (nSPS) is 27.1. The molecule has 1 aliphatic carbocycles. The number of morpholine rings is 1. The number of hydrogen-bond donors (Lipinski definition) is 1. The van der Waals surface area contributed by atoms with E-state index < -0.39 is 0 Å². The molecule has 2 aliphatic heterocycles. The summed E-state index contributed by atoms with van der Waals surface area (Å²) in [5.41, 5.74) is 3.27. The van der Waals surface area contributed by atoms with Crippen molar-refractivity contribution in [3.05, 3.63) is 41.6 Å². The number of allylic oxidation sites excluding steroid dienone is 2. The third-order valence-corrected chi connectivity index (χ3v) is 6.26. The number of rotatable bonds is 4. The van der Waals surface area contributed by atoms with Gasteiger partial charge in [0.25, 0.3) is 0 Å². The van der Waals surface area contributed by atoms with Gasteiger partial charge in [-0.3, -0.25) is 14.5 Å². The number of quaternary nitrogens is 1. The largest absolute Gasteiger partial charge is 0.370 e. The Bertz CT molecular complexity index is 734. The van der Waals surface area contributed by atoms with Gasteiger partial charge in [-0.1, -0.05) is 19.1 Å². The molecule has 0 aromatic heterocycles. The number of imide groups is 1. The number of carbonyl (C=O) groups is 2. The fraction of sp³-hybridized carbons (Fsp3) is 0.545. The maximum atomic E-state index is 13.2. The van der Waals surface area contributed by atoms with Crippen LogP contribution >= 0.6 is 0 Å². The third kappa shape index (κ3) is 3.58. The minimum atomic E-state index is -0.217. The first-order valence-electron chi connectivity index (χ1n) is 10.3. The van der Waals surface area contributed by atoms with Crippen LogP contribution in [0.3, 0.4) is 0 Å². The molecule has 3 aliphatic rings. The lowest BCUT2D eigenvalue weighted by Gasteiger charge is -2.34. The molecule has 1 aromatic carbocycles. The molecule has 27 heavy (non-hydrogen) atoms. The Morgan fingerprint density at radius 3 is 2.56 bits per heavy atom. The number of hydrogen-bond acceptors (Lipinski definition) is 3. The van der Waals surface area contributed by atoms with Crippen LogP contribution in [0.25, 0.3) is 0 Å². The molecule has 0 bridgehead atoms. The van der Waals surface area contributed by atoms with Crippen molar-refractivity contribution in [1.29, 1.82) is 0 Å². The zero-order chi connectivity index (χ0) is 18.8. The highest BCUT2D eigenvalue weighted by molar-refractivity contribution is 6.21. The highest BCUT2D eigenvalue weighted by atomic mass is 16.5. The summed E-state index contributed by atoms with van der Waals surface area (Å²) in [4.78, 5) is 28.8. The second-order valence-electron chi connectivity index (χ2n) is 7.81. The molecule has 1 N–H and O–H groups in total. The average Bonchev–Trinajstić information content (AvgIpc) is 3.02. The van der Waals surface area contributed by atoms with Gasteiger partial charge in [0.1, 0.15) is 18.8 Å². The fourth-order valence-electron chi connectivity index (χ4n) is 4.75. The Morgan fingerprint density at radius 2 is 1.85 bits per heavy atom. The summed E-state index contributed by atoms with van der Waals surface area (Å²) in [5, 5.41) is 0. The number of nitrogens with zero attached hydrogens (tertiary/aromatic N) is 1. The van der Waals surface area contributed by atoms with Gasteiger partial charge >= 0.3 is 0 Å². The lowest BCUT2D eigenvalue weighted by molar-refractivity contribution is -0.874. The van der Waals surface area contributed by atoms with Crippen molar-refractivity contribution < 1.29 is 19.2 Å². The van der Waals surface area contributed by atoms with Crippen molar-refractivity contribution in [2.75, 3.05) is 31.2 Å². The number of ether oxygens (including phenoxy) is 1. The van der Waals surface area contributed by atoms with E-state index in [-0.39, 0.29) is 23.7 Å². The van der Waals surface area contributed by atoms with Crippen molar-refractivity contribution in [3.63, 3.8) is 0 Å². The standard InChI is InChI=1S/C22H28N2O3/c1-2-16-7-9-17(10-8-16)24-21(25)15-19(22(24)26)18-5-3-4-6-20(18)23-11-13-27-14-12-23/h6-10,18-19H,2-5,11-15H2,1H3/p+1/t18-,19-/m0/s1. The van der Waals surface area contributed by atoms with E-state index in [2.05, 4.69) is 13.0 Å². The molecule has 0 unspecified atom stereocenters. The monoisotopic (exact) mass is 369 g/mol. The predicted molar refractivity (Wildman–Crippen MR) is 103 cm³/mol. The molecule has 144 valence electrons. The Hall–Kier alpha value is -1.98. The van der Waals surface area contributed by atoms with Crippen molar-refractivity contribution in [2.45, 2.75) is 39.0 Å². The Labute approximate surface area is 161 Å². The molecular formula is C22H29N2O3+. The molecule has 2 saturated heterocycles. The van der Waals surface area contributed by atoms with Gasteiger partial charge in [-0.25, -0.2) is 0 Å². The molecule has 1 aromatic rings. The summed E-state index contributed by atoms with van der Waals surface area (Å²) in [5.74, 6) is -0.112. The van der Waals surface area contributed by atoms with E-state index in [0.717, 1.165) is 52.0 Å². The quantitative estimate of drug-likeness (QED) is 0.823. The van der Waals surface area contributed by atoms with Gasteiger partial charge in [0.05, 0.1) is 24.8 Å². The summed E-state index contributed by atoms with van der Waals surface area (Å²) in [6, 6.07) is 7.82. The molecule has 2 fully saturated rings. The van der Waals surface area contributed by atoms with Gasteiger partial charge in [0, 0.05) is 12.3 Å². The first-order chi connectivity index (χ1) is 13.2. The molecule has 2 atom stereocenters. The molecule has 4 rings (SSSR count). The highest BCUT2D eigenvalue weighted by Gasteiger charge is 2.47. The van der Waals surface area contributed by atoms with Gasteiger partial charge < -0.3 is 9.64 Å². The van der Waals surface area contributed by atoms with E-state index in [4.69, 9.17) is 4.74 Å². The summed E-state index contributed by atoms with van der Waals surface area (Å²) < 4.78 is 5.51. The van der Waals surface area contributed by atoms with Crippen LogP contribution in [-0.2, 0) is 20.7 Å². The minimum Gasteiger partial charge on any atom is -0.370 e. The maximum absolute atomic E-state index is 13.2. The molecule has 2 heterocycles. The second-order valence-corrected chi connectivity index (χ2v) is 7.81. The average molecular weight is 369 g/mol. The Balaban J connectivity index is 1.56. The van der Waals surface area contributed by atoms with E-state index in [9.17, 15) is 9.59 Å². The van der Waals surface area contributed by atoms with Crippen molar-refractivity contribution >= 4 is 17.5 Å². The zero-order valence-corrected chi connectivity index (χ0v) is 16.1. The molecular weight excluding hydrogens is 340 g/mol. The summed E-state index contributed by atoms with van der Waals surface area (Å²) in [6.07, 6.45) is 6.78. The number of aryl methyl sites for hydroxylation is 1. The van der Waals surface area contributed by atoms with Crippen LogP contribution in [0, 0.1) is 11.8 Å². The van der Waals surface area contributed by atoms with Crippen LogP contribution in [0.1, 0.15) is 38.2 Å². The van der Waals surface area contributed by atoms with Gasteiger partial charge in [-0.05, 0) is 49.5 Å². The van der Waals surface area contributed by atoms with Gasteiger partial charge in [-0.15, -0.1) is 0 Å². The molecule has 0 radical (unpaired) electrons. The number of carbonyl (C=O) groups excluding carboxylic acids is 2. The number of benzene rings is 1. The zero-order valence-electron chi connectivity index (χ0n) is 16.1. The molecule has 0 saturated carbocycles. The molecule has 5 heteroatoms. The van der Waals surface area contributed by atoms with Crippen molar-refractivity contribution in [1.82, 2.24) is 0 Å². The first kappa shape index (κ1) is 18.4. The van der Waals surface area contributed by atoms with Crippen LogP contribution < -0.4 is 9.80 Å². The van der Waals surface area contributed by atoms with E-state index in [1.54, 1.807) is 0 Å². The van der Waals surface area contributed by atoms with Crippen LogP contribution in [0.2, 0.25) is 0 Å². The van der Waals surface area contributed by atoms with Crippen LogP contribution in [0.4, 0.5) is 5.69 Å². The third-order valence-electron chi connectivity index (χ3n) is 6.26. The van der Waals surface area contributed by atoms with Gasteiger partial charge in [0.2, 0.25) is 11.8 Å². The second kappa shape index (κ2) is 7.95. The maximum Gasteiger partial charge on any atom is 0.238 e. The smallest absolute Gasteiger partial charge is 0.238 e. The SMILES string of the molecule is CCc1ccc(N2C(=O)C[C@@H]([C@@H]3CCCC=C3[NH+]3CCOCC3)C2=O)cc1. The number of nitrogens with one attached hydrogen (secondary N) is 1. The van der Waals surface area contributed by atoms with Crippen LogP contribution in [-0.4, -0.2) is 38.1 Å². The lowest BCUT2D eigenvalue weighted by atomic mass is 9.80. The summed E-state index contributed by atoms with van der Waals surface area (Å²) in [7, 11) is 0. The highest BCUT2D eigenvalue weighted by Crippen LogP contribution is 2.37. The Kier molecular flexibility index (Phi) is 5.41. The van der Waals surface area contributed by atoms with Crippen molar-refractivity contribution in [3.8, 4) is 0 Å². The van der Waals surface area contributed by atoms with E-state index in [1.165, 1.54) is 21.1 Å². The minimum absolute atomic E-state index is 0.0188. The van der Waals surface area contributed by atoms with Gasteiger partial charge in [-0.2, -0.15) is 0 Å². The summed E-state index contributed by atoms with van der Waals surface area (Å²) in [6.45, 7) is 5.56. The summed E-state index contributed by atoms with van der Waals surface area (Å²) >= 11 is 0. The number of anilines is 1. The molecule has 0 spiro atoms. The van der Waals surface area contributed by atoms with Crippen molar-refractivity contribution in [2.24, 2.45) is 11.8 Å². The fourth-order valence-corrected chi connectivity index (χ4v) is 4.75. The number of amides is 2. The van der Waals surface area contributed by atoms with Gasteiger partial charge in [0.15, 0.2) is 0 Å². The van der Waals surface area contributed by atoms with Crippen LogP contribution in [0.5, 0.6) is 0 Å². The van der Waals surface area contributed by atoms with E-state index >= 15 is 0 Å². The molecule has 5 nitrogen and oxygen atoms in total. The topological polar surface area (TPSA) is 51.1 Å². The van der Waals surface area contributed by atoms with Crippen LogP contribution in [0.15, 0.2) is 36.0 Å².